The third-order valence-corrected chi connectivity index (χ3v) is 1.42. The predicted molar refractivity (Wildman–Crippen MR) is 41.8 cm³/mol. The summed E-state index contributed by atoms with van der Waals surface area (Å²) in [4.78, 5) is 6.72. The molecular weight excluding hydrogens is 217 g/mol. The molecule has 0 radical (unpaired) electrons. The van der Waals surface area contributed by atoms with Crippen molar-refractivity contribution in [3.63, 3.8) is 0 Å². The van der Waals surface area contributed by atoms with E-state index in [2.05, 4.69) is 14.3 Å². The van der Waals surface area contributed by atoms with Gasteiger partial charge >= 0.3 is 7.32 Å². The van der Waals surface area contributed by atoms with Crippen LogP contribution in [0.3, 0.4) is 0 Å². The molecule has 0 fully saturated rings. The fourth-order valence-electron chi connectivity index (χ4n) is 0.793. The molecule has 0 bridgehead atoms. The first-order valence-electron chi connectivity index (χ1n) is 3.54. The highest BCUT2D eigenvalue weighted by molar-refractivity contribution is 6.36. The Bertz CT molecular complexity index is 345. The van der Waals surface area contributed by atoms with Crippen molar-refractivity contribution in [2.45, 2.75) is 0 Å². The van der Waals surface area contributed by atoms with Gasteiger partial charge < -0.3 is 9.76 Å². The molecule has 0 saturated carbocycles. The van der Waals surface area contributed by atoms with E-state index in [1.54, 1.807) is 0 Å². The maximum atomic E-state index is 12.9. The Morgan fingerprint density at radius 3 is 2.13 bits per heavy atom. The van der Waals surface area contributed by atoms with Gasteiger partial charge in [-0.05, 0) is 12.1 Å². The highest BCUT2D eigenvalue weighted by atomic mass is 19.1. The second-order valence-corrected chi connectivity index (χ2v) is 2.32. The summed E-state index contributed by atoms with van der Waals surface area (Å²) in [7, 11) is -2.10. The maximum Gasteiger partial charge on any atom is 0.770 e. The number of rotatable bonds is 4. The van der Waals surface area contributed by atoms with E-state index in [1.165, 1.54) is 0 Å². The Balaban J connectivity index is 2.97. The maximum absolute atomic E-state index is 12.9. The van der Waals surface area contributed by atoms with Gasteiger partial charge in [-0.3, -0.25) is 10.5 Å². The van der Waals surface area contributed by atoms with E-state index >= 15 is 0 Å². The first-order chi connectivity index (χ1) is 7.10. The molecule has 0 saturated heterocycles. The Morgan fingerprint density at radius 2 is 1.60 bits per heavy atom. The molecule has 1 aromatic rings. The van der Waals surface area contributed by atoms with Crippen molar-refractivity contribution in [3.8, 4) is 11.5 Å². The van der Waals surface area contributed by atoms with Crippen LogP contribution in [0.2, 0.25) is 0 Å². The lowest BCUT2D eigenvalue weighted by Gasteiger charge is -2.10. The molecule has 82 valence electrons. The van der Waals surface area contributed by atoms with Gasteiger partial charge in [-0.25, -0.2) is 18.4 Å². The fourth-order valence-corrected chi connectivity index (χ4v) is 0.793. The Hall–Kier alpha value is -1.42. The van der Waals surface area contributed by atoms with Crippen LogP contribution >= 0.6 is 0 Å². The van der Waals surface area contributed by atoms with Crippen LogP contribution in [0.1, 0.15) is 0 Å². The normalized spacial score (nSPS) is 10.1. The Labute approximate surface area is 82.3 Å². The number of halogens is 2. The first kappa shape index (κ1) is 11.7. The summed E-state index contributed by atoms with van der Waals surface area (Å²) in [6, 6.07) is 1.32. The van der Waals surface area contributed by atoms with Gasteiger partial charge in [-0.2, -0.15) is 0 Å². The minimum atomic E-state index is -2.10. The molecule has 9 heteroatoms. The van der Waals surface area contributed by atoms with Crippen molar-refractivity contribution >= 4 is 7.32 Å². The average Bonchev–Trinajstić information content (AvgIpc) is 2.24. The molecule has 0 atom stereocenters. The topological polar surface area (TPSA) is 88.4 Å². The molecule has 3 N–H and O–H groups in total. The van der Waals surface area contributed by atoms with Crippen LogP contribution in [0.25, 0.3) is 0 Å². The number of hydrogen-bond donors (Lipinski definition) is 3. The summed E-state index contributed by atoms with van der Waals surface area (Å²) in [6.45, 7) is 0. The van der Waals surface area contributed by atoms with Gasteiger partial charge in [-0.1, -0.05) is 0 Å². The molecule has 0 heterocycles. The lowest BCUT2D eigenvalue weighted by Crippen LogP contribution is -2.28. The van der Waals surface area contributed by atoms with Crippen LogP contribution in [0, 0.1) is 11.6 Å². The number of hydrogen-bond acceptors (Lipinski definition) is 6. The molecule has 0 spiro atoms. The highest BCUT2D eigenvalue weighted by Gasteiger charge is 2.29. The fraction of sp³-hybridized carbons (Fsp3) is 0. The van der Waals surface area contributed by atoms with Crippen molar-refractivity contribution in [3.05, 3.63) is 23.8 Å². The van der Waals surface area contributed by atoms with Crippen LogP contribution < -0.4 is 4.65 Å². The van der Waals surface area contributed by atoms with Crippen molar-refractivity contribution in [2.75, 3.05) is 0 Å². The summed E-state index contributed by atoms with van der Waals surface area (Å²) in [6.07, 6.45) is 0. The third-order valence-electron chi connectivity index (χ3n) is 1.42. The van der Waals surface area contributed by atoms with Gasteiger partial charge in [-0.15, -0.1) is 0 Å². The standard InChI is InChI=1S/C6H5BF2O6/c8-3-1-2-4(9)6(5(3)10)13-7(14-11)15-12/h1-2,10-12H. The van der Waals surface area contributed by atoms with E-state index in [1.807, 2.05) is 0 Å². The molecule has 0 aliphatic rings. The second kappa shape index (κ2) is 4.89. The zero-order valence-corrected chi connectivity index (χ0v) is 7.05. The van der Waals surface area contributed by atoms with Gasteiger partial charge in [0.05, 0.1) is 0 Å². The lowest BCUT2D eigenvalue weighted by atomic mass is 10.2. The van der Waals surface area contributed by atoms with Gasteiger partial charge in [0.25, 0.3) is 0 Å². The van der Waals surface area contributed by atoms with Crippen molar-refractivity contribution in [2.24, 2.45) is 0 Å². The van der Waals surface area contributed by atoms with Crippen LogP contribution in [-0.2, 0) is 9.61 Å². The molecule has 0 aromatic heterocycles. The minimum Gasteiger partial charge on any atom is -0.504 e. The van der Waals surface area contributed by atoms with Gasteiger partial charge in [0.15, 0.2) is 23.1 Å². The van der Waals surface area contributed by atoms with Gasteiger partial charge in [0, 0.05) is 0 Å². The molecule has 15 heavy (non-hydrogen) atoms. The van der Waals surface area contributed by atoms with Gasteiger partial charge in [0.1, 0.15) is 0 Å². The van der Waals surface area contributed by atoms with E-state index in [0.717, 1.165) is 0 Å². The molecule has 0 amide bonds. The van der Waals surface area contributed by atoms with Gasteiger partial charge in [0.2, 0.25) is 0 Å². The molecule has 1 aromatic carbocycles. The molecule has 0 aliphatic carbocycles. The largest absolute Gasteiger partial charge is 0.770 e. The minimum absolute atomic E-state index is 0.659. The third kappa shape index (κ3) is 2.53. The monoisotopic (exact) mass is 222 g/mol. The molecule has 1 rings (SSSR count). The number of benzene rings is 1. The van der Waals surface area contributed by atoms with Crippen LogP contribution in [0.5, 0.6) is 11.5 Å². The SMILES string of the molecule is OOB(OO)Oc1c(F)ccc(F)c1O. The van der Waals surface area contributed by atoms with Crippen molar-refractivity contribution in [1.82, 2.24) is 0 Å². The van der Waals surface area contributed by atoms with E-state index in [0.29, 0.717) is 12.1 Å². The summed E-state index contributed by atoms with van der Waals surface area (Å²) in [5.74, 6) is -4.40. The first-order valence-corrected chi connectivity index (χ1v) is 3.54. The molecule has 0 aliphatic heterocycles. The van der Waals surface area contributed by atoms with Crippen molar-refractivity contribution < 1.29 is 38.7 Å². The van der Waals surface area contributed by atoms with Crippen LogP contribution in [0.4, 0.5) is 8.78 Å². The van der Waals surface area contributed by atoms with E-state index < -0.39 is 30.5 Å². The van der Waals surface area contributed by atoms with Crippen molar-refractivity contribution in [1.29, 1.82) is 0 Å². The zero-order chi connectivity index (χ0) is 11.4. The number of phenolic OH excluding ortho intramolecular Hbond substituents is 1. The van der Waals surface area contributed by atoms with E-state index in [9.17, 15) is 8.78 Å². The summed E-state index contributed by atoms with van der Waals surface area (Å²) < 4.78 is 29.9. The molecule has 6 nitrogen and oxygen atoms in total. The summed E-state index contributed by atoms with van der Waals surface area (Å²) in [5.41, 5.74) is 0. The Kier molecular flexibility index (Phi) is 3.80. The summed E-state index contributed by atoms with van der Waals surface area (Å²) in [5, 5.41) is 25.1. The quantitative estimate of drug-likeness (QED) is 0.400. The number of phenols is 1. The Morgan fingerprint density at radius 1 is 1.07 bits per heavy atom. The number of aromatic hydroxyl groups is 1. The van der Waals surface area contributed by atoms with Crippen LogP contribution in [0.15, 0.2) is 12.1 Å². The van der Waals surface area contributed by atoms with Crippen LogP contribution in [-0.4, -0.2) is 22.9 Å². The average molecular weight is 222 g/mol. The zero-order valence-electron chi connectivity index (χ0n) is 7.05. The van der Waals surface area contributed by atoms with E-state index in [-0.39, 0.29) is 0 Å². The smallest absolute Gasteiger partial charge is 0.504 e. The predicted octanol–water partition coefficient (Wildman–Crippen LogP) is 1.01. The highest BCUT2D eigenvalue weighted by Crippen LogP contribution is 2.32. The summed E-state index contributed by atoms with van der Waals surface area (Å²) >= 11 is 0. The van der Waals surface area contributed by atoms with E-state index in [4.69, 9.17) is 15.6 Å². The lowest BCUT2D eigenvalue weighted by molar-refractivity contribution is -0.242. The second-order valence-electron chi connectivity index (χ2n) is 2.32. The molecule has 0 unspecified atom stereocenters. The molecular formula is C6H5BF2O6.